The molecule has 0 aromatic heterocycles. The highest BCUT2D eigenvalue weighted by Crippen LogP contribution is 2.40. The van der Waals surface area contributed by atoms with E-state index in [-0.39, 0.29) is 29.6 Å². The van der Waals surface area contributed by atoms with Crippen molar-refractivity contribution in [1.29, 1.82) is 5.41 Å². The summed E-state index contributed by atoms with van der Waals surface area (Å²) in [5.74, 6) is -0.457. The lowest BCUT2D eigenvalue weighted by Crippen LogP contribution is -2.51. The third-order valence-corrected chi connectivity index (χ3v) is 8.84. The second-order valence-electron chi connectivity index (χ2n) is 13.6. The Morgan fingerprint density at radius 2 is 1.80 bits per heavy atom. The highest BCUT2D eigenvalue weighted by molar-refractivity contribution is 6.49. The SMILES string of the molecule is CC(=O)N[C@H](C(=O)C1C[C@H](O)C[C@H]1C1=NC(C(=O)CC(CCCCc2ccccc2)CC2CC2)=CC1=N)C(C)(C)C. The number of amides is 1. The van der Waals surface area contributed by atoms with E-state index in [4.69, 9.17) is 5.41 Å². The first-order valence-electron chi connectivity index (χ1n) is 15.4. The summed E-state index contributed by atoms with van der Waals surface area (Å²) >= 11 is 0. The average molecular weight is 562 g/mol. The van der Waals surface area contributed by atoms with Crippen molar-refractivity contribution in [1.82, 2.24) is 5.32 Å². The molecule has 2 aliphatic carbocycles. The van der Waals surface area contributed by atoms with Crippen LogP contribution < -0.4 is 5.32 Å². The maximum atomic E-state index is 13.7. The number of ketones is 2. The number of carbonyl (C=O) groups is 3. The Hall–Kier alpha value is -2.93. The predicted octanol–water partition coefficient (Wildman–Crippen LogP) is 5.64. The molecule has 0 spiro atoms. The minimum atomic E-state index is -0.715. The fourth-order valence-corrected chi connectivity index (χ4v) is 6.52. The lowest BCUT2D eigenvalue weighted by atomic mass is 9.76. The Morgan fingerprint density at radius 3 is 2.44 bits per heavy atom. The molecule has 1 aromatic carbocycles. The van der Waals surface area contributed by atoms with Crippen LogP contribution in [0.2, 0.25) is 0 Å². The summed E-state index contributed by atoms with van der Waals surface area (Å²) in [6, 6.07) is 9.78. The zero-order chi connectivity index (χ0) is 29.7. The first kappa shape index (κ1) is 31.0. The number of carbonyl (C=O) groups excluding carboxylic acids is 3. The number of nitrogens with one attached hydrogen (secondary N) is 2. The standard InChI is InChI=1S/C34H47N3O4/c1-21(38)36-33(34(2,3)4)32(41)27-19-25(39)18-26(27)31-28(35)20-29(37-31)30(40)17-24(16-23-14-15-23)13-9-8-12-22-10-6-5-7-11-22/h5-7,10-11,20,23-27,33,35,39H,8-9,12-19H2,1-4H3,(H,36,38)/t24?,25-,26-,27?,33-/m1/s1. The molecule has 3 aliphatic rings. The van der Waals surface area contributed by atoms with Crippen LogP contribution in [-0.2, 0) is 20.8 Å². The van der Waals surface area contributed by atoms with E-state index in [2.05, 4.69) is 34.6 Å². The average Bonchev–Trinajstić information content (AvgIpc) is 3.51. The quantitative estimate of drug-likeness (QED) is 0.255. The van der Waals surface area contributed by atoms with Crippen LogP contribution in [0.1, 0.15) is 91.0 Å². The van der Waals surface area contributed by atoms with Crippen molar-refractivity contribution in [2.45, 2.75) is 104 Å². The molecular formula is C34H47N3O4. The molecule has 2 unspecified atom stereocenters. The number of aliphatic hydroxyl groups excluding tert-OH is 1. The van der Waals surface area contributed by atoms with Gasteiger partial charge in [-0.25, -0.2) is 4.99 Å². The van der Waals surface area contributed by atoms with Crippen LogP contribution >= 0.6 is 0 Å². The first-order chi connectivity index (χ1) is 19.4. The van der Waals surface area contributed by atoms with E-state index in [9.17, 15) is 19.5 Å². The Balaban J connectivity index is 1.41. The van der Waals surface area contributed by atoms with Crippen LogP contribution in [0.4, 0.5) is 0 Å². The number of unbranched alkanes of at least 4 members (excludes halogenated alkanes) is 1. The molecule has 2 fully saturated rings. The number of allylic oxidation sites excluding steroid dienone is 2. The van der Waals surface area contributed by atoms with Crippen LogP contribution in [0.15, 0.2) is 47.1 Å². The fourth-order valence-electron chi connectivity index (χ4n) is 6.52. The van der Waals surface area contributed by atoms with Crippen molar-refractivity contribution in [2.75, 3.05) is 0 Å². The van der Waals surface area contributed by atoms with Crippen LogP contribution in [-0.4, -0.2) is 46.1 Å². The normalized spacial score (nSPS) is 24.0. The van der Waals surface area contributed by atoms with E-state index in [0.29, 0.717) is 30.2 Å². The van der Waals surface area contributed by atoms with Gasteiger partial charge in [-0.3, -0.25) is 19.8 Å². The van der Waals surface area contributed by atoms with Crippen molar-refractivity contribution in [3.8, 4) is 0 Å². The summed E-state index contributed by atoms with van der Waals surface area (Å²) in [7, 11) is 0. The van der Waals surface area contributed by atoms with Gasteiger partial charge in [0.1, 0.15) is 5.70 Å². The topological polar surface area (TPSA) is 120 Å². The number of Topliss-reactive ketones (excluding diaryl/α,β-unsaturated/α-hetero) is 2. The van der Waals surface area contributed by atoms with E-state index in [1.165, 1.54) is 25.3 Å². The van der Waals surface area contributed by atoms with Crippen molar-refractivity contribution in [2.24, 2.45) is 34.1 Å². The van der Waals surface area contributed by atoms with Gasteiger partial charge < -0.3 is 10.4 Å². The van der Waals surface area contributed by atoms with Gasteiger partial charge in [0.05, 0.1) is 23.6 Å². The molecule has 41 heavy (non-hydrogen) atoms. The van der Waals surface area contributed by atoms with Crippen LogP contribution in [0.25, 0.3) is 0 Å². The maximum Gasteiger partial charge on any atom is 0.217 e. The molecule has 2 saturated carbocycles. The third kappa shape index (κ3) is 8.54. The smallest absolute Gasteiger partial charge is 0.217 e. The second-order valence-corrected chi connectivity index (χ2v) is 13.6. The highest BCUT2D eigenvalue weighted by Gasteiger charge is 2.47. The summed E-state index contributed by atoms with van der Waals surface area (Å²) in [6.45, 7) is 7.10. The van der Waals surface area contributed by atoms with Gasteiger partial charge in [0.25, 0.3) is 0 Å². The van der Waals surface area contributed by atoms with Crippen molar-refractivity contribution in [3.05, 3.63) is 47.7 Å². The van der Waals surface area contributed by atoms with E-state index in [1.807, 2.05) is 26.8 Å². The number of aliphatic imine (C=N–C) groups is 1. The molecule has 4 rings (SSSR count). The lowest BCUT2D eigenvalue weighted by Gasteiger charge is -2.33. The summed E-state index contributed by atoms with van der Waals surface area (Å²) < 4.78 is 0. The largest absolute Gasteiger partial charge is 0.393 e. The minimum absolute atomic E-state index is 0.0364. The molecule has 1 aromatic rings. The third-order valence-electron chi connectivity index (χ3n) is 8.84. The summed E-state index contributed by atoms with van der Waals surface area (Å²) in [4.78, 5) is 43.6. The fraction of sp³-hybridized carbons (Fsp3) is 0.618. The Morgan fingerprint density at radius 1 is 1.10 bits per heavy atom. The van der Waals surface area contributed by atoms with Gasteiger partial charge in [-0.2, -0.15) is 0 Å². The van der Waals surface area contributed by atoms with Crippen LogP contribution in [0, 0.1) is 34.5 Å². The molecule has 1 aliphatic heterocycles. The zero-order valence-corrected chi connectivity index (χ0v) is 25.1. The van der Waals surface area contributed by atoms with Crippen molar-refractivity contribution >= 4 is 28.9 Å². The van der Waals surface area contributed by atoms with Crippen molar-refractivity contribution in [3.63, 3.8) is 0 Å². The number of rotatable bonds is 14. The first-order valence-corrected chi connectivity index (χ1v) is 15.4. The maximum absolute atomic E-state index is 13.7. The van der Waals surface area contributed by atoms with Crippen molar-refractivity contribution < 1.29 is 19.5 Å². The van der Waals surface area contributed by atoms with E-state index >= 15 is 0 Å². The van der Waals surface area contributed by atoms with Gasteiger partial charge in [0, 0.05) is 25.2 Å². The Labute approximate surface area is 244 Å². The molecular weight excluding hydrogens is 514 g/mol. The molecule has 0 saturated heterocycles. The summed E-state index contributed by atoms with van der Waals surface area (Å²) in [6.07, 6.45) is 9.67. The summed E-state index contributed by atoms with van der Waals surface area (Å²) in [5, 5.41) is 22.0. The Bertz CT molecular complexity index is 1190. The molecule has 7 heteroatoms. The predicted molar refractivity (Wildman–Crippen MR) is 162 cm³/mol. The molecule has 0 radical (unpaired) electrons. The van der Waals surface area contributed by atoms with Crippen LogP contribution in [0.3, 0.4) is 0 Å². The summed E-state index contributed by atoms with van der Waals surface area (Å²) in [5.41, 5.74) is 1.71. The monoisotopic (exact) mass is 561 g/mol. The number of aryl methyl sites for hydroxylation is 1. The van der Waals surface area contributed by atoms with E-state index < -0.39 is 29.4 Å². The van der Waals surface area contributed by atoms with Gasteiger partial charge in [0.15, 0.2) is 11.6 Å². The number of hydrogen-bond donors (Lipinski definition) is 3. The van der Waals surface area contributed by atoms with Gasteiger partial charge in [-0.1, -0.05) is 70.4 Å². The molecule has 0 bridgehead atoms. The zero-order valence-electron chi connectivity index (χ0n) is 25.1. The minimum Gasteiger partial charge on any atom is -0.393 e. The molecule has 5 atom stereocenters. The lowest BCUT2D eigenvalue weighted by molar-refractivity contribution is -0.132. The van der Waals surface area contributed by atoms with E-state index in [1.54, 1.807) is 6.08 Å². The number of aliphatic hydroxyl groups is 1. The number of benzene rings is 1. The second kappa shape index (κ2) is 13.4. The Kier molecular flexibility index (Phi) is 10.1. The highest BCUT2D eigenvalue weighted by atomic mass is 16.3. The molecule has 7 nitrogen and oxygen atoms in total. The van der Waals surface area contributed by atoms with Gasteiger partial charge in [-0.05, 0) is 67.4 Å². The van der Waals surface area contributed by atoms with E-state index in [0.717, 1.165) is 38.0 Å². The van der Waals surface area contributed by atoms with Gasteiger partial charge in [0.2, 0.25) is 5.91 Å². The van der Waals surface area contributed by atoms with Gasteiger partial charge in [-0.15, -0.1) is 0 Å². The molecule has 1 heterocycles. The molecule has 1 amide bonds. The molecule has 3 N–H and O–H groups in total. The number of hydrogen-bond acceptors (Lipinski definition) is 6. The number of nitrogens with zero attached hydrogens (tertiary/aromatic N) is 1. The van der Waals surface area contributed by atoms with Gasteiger partial charge >= 0.3 is 0 Å². The molecule has 222 valence electrons. The van der Waals surface area contributed by atoms with Crippen LogP contribution in [0.5, 0.6) is 0 Å².